The fourth-order valence-electron chi connectivity index (χ4n) is 2.03. The quantitative estimate of drug-likeness (QED) is 0.682. The topological polar surface area (TPSA) is 64.3 Å². The highest BCUT2D eigenvalue weighted by Crippen LogP contribution is 2.41. The fraction of sp³-hybridized carbons (Fsp3) is 0.417. The molecule has 4 nitrogen and oxygen atoms in total. The molecule has 19 heavy (non-hydrogen) atoms. The predicted octanol–water partition coefficient (Wildman–Crippen LogP) is 4.02. The van der Waals surface area contributed by atoms with E-state index < -0.39 is 6.09 Å². The summed E-state index contributed by atoms with van der Waals surface area (Å²) in [7, 11) is 0. The van der Waals surface area contributed by atoms with Gasteiger partial charge >= 0.3 is 6.09 Å². The lowest BCUT2D eigenvalue weighted by Crippen LogP contribution is -2.47. The summed E-state index contributed by atoms with van der Waals surface area (Å²) in [4.78, 5) is 11.4. The second kappa shape index (κ2) is 5.89. The molecule has 3 N–H and O–H groups in total. The summed E-state index contributed by atoms with van der Waals surface area (Å²) in [6.45, 7) is 4.43. The van der Waals surface area contributed by atoms with Gasteiger partial charge in [-0.15, -0.1) is 12.4 Å². The highest BCUT2D eigenvalue weighted by atomic mass is 79.9. The first-order valence-electron chi connectivity index (χ1n) is 5.49. The number of halogens is 3. The first-order chi connectivity index (χ1) is 8.31. The standard InChI is InChI=1S/C12H14Br2N2O2.ClH/c1-12(2)5-18-11(17)16-10(12)7-3-6(13)4-8(14)9(7)15;/h3-4,10H,5,15H2,1-2H3,(H,16,17);1H/t10-;/m0./s1. The number of hydrogen-bond acceptors (Lipinski definition) is 3. The Kier molecular flexibility index (Phi) is 5.15. The third-order valence-corrected chi connectivity index (χ3v) is 4.17. The van der Waals surface area contributed by atoms with Gasteiger partial charge in [0.25, 0.3) is 0 Å². The van der Waals surface area contributed by atoms with Crippen molar-refractivity contribution in [3.8, 4) is 0 Å². The van der Waals surface area contributed by atoms with E-state index in [0.717, 1.165) is 14.5 Å². The molecule has 0 bridgehead atoms. The first-order valence-corrected chi connectivity index (χ1v) is 7.07. The molecule has 0 spiro atoms. The van der Waals surface area contributed by atoms with Crippen LogP contribution in [0.2, 0.25) is 0 Å². The number of carbonyl (C=O) groups excluding carboxylic acids is 1. The number of amides is 1. The van der Waals surface area contributed by atoms with Crippen LogP contribution in [0.4, 0.5) is 10.5 Å². The fourth-order valence-corrected chi connectivity index (χ4v) is 3.29. The number of carbonyl (C=O) groups is 1. The smallest absolute Gasteiger partial charge is 0.407 e. The maximum absolute atomic E-state index is 11.4. The molecular weight excluding hydrogens is 399 g/mol. The summed E-state index contributed by atoms with van der Waals surface area (Å²) >= 11 is 6.85. The molecule has 1 heterocycles. The summed E-state index contributed by atoms with van der Waals surface area (Å²) < 4.78 is 6.75. The van der Waals surface area contributed by atoms with Crippen molar-refractivity contribution in [2.45, 2.75) is 19.9 Å². The molecule has 1 amide bonds. The number of nitrogens with one attached hydrogen (secondary N) is 1. The molecule has 1 aliphatic heterocycles. The Morgan fingerprint density at radius 1 is 1.42 bits per heavy atom. The minimum Gasteiger partial charge on any atom is -0.449 e. The molecule has 1 aliphatic rings. The predicted molar refractivity (Wildman–Crippen MR) is 84.5 cm³/mol. The third-order valence-electron chi connectivity index (χ3n) is 3.06. The van der Waals surface area contributed by atoms with Gasteiger partial charge in [0.2, 0.25) is 0 Å². The van der Waals surface area contributed by atoms with Gasteiger partial charge in [-0.25, -0.2) is 4.79 Å². The summed E-state index contributed by atoms with van der Waals surface area (Å²) in [5.41, 5.74) is 7.39. The van der Waals surface area contributed by atoms with Crippen molar-refractivity contribution >= 4 is 56.0 Å². The molecule has 0 aromatic heterocycles. The second-order valence-corrected chi connectivity index (χ2v) is 6.80. The number of rotatable bonds is 1. The number of nitrogens with two attached hydrogens (primary N) is 1. The van der Waals surface area contributed by atoms with Crippen LogP contribution in [0, 0.1) is 5.41 Å². The highest BCUT2D eigenvalue weighted by molar-refractivity contribution is 9.11. The Labute approximate surface area is 135 Å². The van der Waals surface area contributed by atoms with Crippen LogP contribution in [0.15, 0.2) is 21.1 Å². The second-order valence-electron chi connectivity index (χ2n) is 5.03. The van der Waals surface area contributed by atoms with E-state index in [1.54, 1.807) is 0 Å². The van der Waals surface area contributed by atoms with E-state index in [1.807, 2.05) is 26.0 Å². The van der Waals surface area contributed by atoms with Crippen molar-refractivity contribution in [2.24, 2.45) is 5.41 Å². The molecular formula is C12H15Br2ClN2O2. The molecule has 7 heteroatoms. The maximum Gasteiger partial charge on any atom is 0.407 e. The lowest BCUT2D eigenvalue weighted by atomic mass is 9.80. The zero-order valence-corrected chi connectivity index (χ0v) is 14.5. The largest absolute Gasteiger partial charge is 0.449 e. The number of ether oxygens (including phenoxy) is 1. The highest BCUT2D eigenvalue weighted by Gasteiger charge is 2.39. The van der Waals surface area contributed by atoms with Crippen molar-refractivity contribution in [2.75, 3.05) is 12.3 Å². The van der Waals surface area contributed by atoms with Gasteiger partial charge in [-0.2, -0.15) is 0 Å². The van der Waals surface area contributed by atoms with E-state index in [0.29, 0.717) is 12.3 Å². The number of hydrogen-bond donors (Lipinski definition) is 2. The van der Waals surface area contributed by atoms with E-state index >= 15 is 0 Å². The number of nitrogen functional groups attached to an aromatic ring is 1. The lowest BCUT2D eigenvalue weighted by Gasteiger charge is -2.39. The molecule has 0 unspecified atom stereocenters. The van der Waals surface area contributed by atoms with Gasteiger partial charge in [0.15, 0.2) is 0 Å². The van der Waals surface area contributed by atoms with Crippen molar-refractivity contribution in [3.63, 3.8) is 0 Å². The van der Waals surface area contributed by atoms with Gasteiger partial charge in [-0.1, -0.05) is 29.8 Å². The van der Waals surface area contributed by atoms with Gasteiger partial charge in [0, 0.05) is 19.9 Å². The molecule has 106 valence electrons. The van der Waals surface area contributed by atoms with Crippen LogP contribution in [0.5, 0.6) is 0 Å². The summed E-state index contributed by atoms with van der Waals surface area (Å²) in [5.74, 6) is 0. The molecule has 1 aromatic rings. The molecule has 0 radical (unpaired) electrons. The van der Waals surface area contributed by atoms with E-state index in [2.05, 4.69) is 37.2 Å². The molecule has 2 rings (SSSR count). The van der Waals surface area contributed by atoms with Gasteiger partial charge in [-0.05, 0) is 28.1 Å². The third kappa shape index (κ3) is 3.35. The summed E-state index contributed by atoms with van der Waals surface area (Å²) in [6, 6.07) is 3.64. The average Bonchev–Trinajstić information content (AvgIpc) is 2.27. The Morgan fingerprint density at radius 3 is 2.68 bits per heavy atom. The number of benzene rings is 1. The van der Waals surface area contributed by atoms with Crippen LogP contribution in [-0.4, -0.2) is 12.7 Å². The van der Waals surface area contributed by atoms with Gasteiger partial charge < -0.3 is 15.8 Å². The zero-order chi connectivity index (χ0) is 13.5. The molecule has 1 saturated heterocycles. The summed E-state index contributed by atoms with van der Waals surface area (Å²) in [6.07, 6.45) is -0.408. The van der Waals surface area contributed by atoms with Crippen molar-refractivity contribution < 1.29 is 9.53 Å². The Bertz CT molecular complexity index is 509. The van der Waals surface area contributed by atoms with E-state index in [9.17, 15) is 4.79 Å². The van der Waals surface area contributed by atoms with Gasteiger partial charge in [0.1, 0.15) is 6.61 Å². The SMILES string of the molecule is CC1(C)COC(=O)N[C@H]1c1cc(Br)cc(Br)c1N.Cl. The van der Waals surface area contributed by atoms with Crippen LogP contribution in [-0.2, 0) is 4.74 Å². The van der Waals surface area contributed by atoms with Crippen LogP contribution >= 0.6 is 44.3 Å². The van der Waals surface area contributed by atoms with E-state index in [4.69, 9.17) is 10.5 Å². The maximum atomic E-state index is 11.4. The molecule has 0 aliphatic carbocycles. The normalized spacial score (nSPS) is 21.1. The molecule has 1 fully saturated rings. The monoisotopic (exact) mass is 412 g/mol. The van der Waals surface area contributed by atoms with Crippen molar-refractivity contribution in [3.05, 3.63) is 26.6 Å². The summed E-state index contributed by atoms with van der Waals surface area (Å²) in [5, 5.41) is 2.84. The number of anilines is 1. The number of cyclic esters (lactones) is 1. The Hall–Kier alpha value is -0.460. The lowest BCUT2D eigenvalue weighted by molar-refractivity contribution is 0.0389. The van der Waals surface area contributed by atoms with Crippen LogP contribution < -0.4 is 11.1 Å². The van der Waals surface area contributed by atoms with Crippen molar-refractivity contribution in [1.82, 2.24) is 5.32 Å². The Morgan fingerprint density at radius 2 is 2.05 bits per heavy atom. The van der Waals surface area contributed by atoms with Crippen LogP contribution in [0.25, 0.3) is 0 Å². The van der Waals surface area contributed by atoms with E-state index in [-0.39, 0.29) is 23.9 Å². The minimum absolute atomic E-state index is 0. The van der Waals surface area contributed by atoms with Gasteiger partial charge in [-0.3, -0.25) is 0 Å². The van der Waals surface area contributed by atoms with Crippen LogP contribution in [0.1, 0.15) is 25.5 Å². The minimum atomic E-state index is -0.408. The molecule has 1 atom stereocenters. The molecule has 1 aromatic carbocycles. The first kappa shape index (κ1) is 16.6. The van der Waals surface area contributed by atoms with Gasteiger partial charge in [0.05, 0.1) is 11.7 Å². The Balaban J connectivity index is 0.00000180. The zero-order valence-electron chi connectivity index (χ0n) is 10.5. The molecule has 0 saturated carbocycles. The van der Waals surface area contributed by atoms with E-state index in [1.165, 1.54) is 0 Å². The van der Waals surface area contributed by atoms with Crippen molar-refractivity contribution in [1.29, 1.82) is 0 Å². The average molecular weight is 415 g/mol. The number of alkyl carbamates (subject to hydrolysis) is 1. The van der Waals surface area contributed by atoms with Crippen LogP contribution in [0.3, 0.4) is 0 Å².